The van der Waals surface area contributed by atoms with E-state index in [9.17, 15) is 14.7 Å². The SMILES string of the molecule is Cc1c(Cl)cccc1NC(=O)[C@@H](CC(=O)O)[C@@H](C)c1ccccc1. The first-order chi connectivity index (χ1) is 11.4. The first-order valence-corrected chi connectivity index (χ1v) is 8.10. The van der Waals surface area contributed by atoms with Crippen molar-refractivity contribution in [2.45, 2.75) is 26.2 Å². The van der Waals surface area contributed by atoms with Gasteiger partial charge in [-0.2, -0.15) is 0 Å². The fourth-order valence-corrected chi connectivity index (χ4v) is 2.82. The van der Waals surface area contributed by atoms with Crippen LogP contribution in [0, 0.1) is 12.8 Å². The van der Waals surface area contributed by atoms with Crippen LogP contribution in [-0.2, 0) is 9.59 Å². The van der Waals surface area contributed by atoms with Crippen molar-refractivity contribution in [3.05, 3.63) is 64.7 Å². The zero-order chi connectivity index (χ0) is 17.7. The largest absolute Gasteiger partial charge is 0.481 e. The van der Waals surface area contributed by atoms with Crippen LogP contribution in [-0.4, -0.2) is 17.0 Å². The van der Waals surface area contributed by atoms with Crippen LogP contribution < -0.4 is 5.32 Å². The minimum Gasteiger partial charge on any atom is -0.481 e. The molecule has 0 aliphatic heterocycles. The lowest BCUT2D eigenvalue weighted by Crippen LogP contribution is -2.29. The molecular formula is C19H20ClNO3. The van der Waals surface area contributed by atoms with Gasteiger partial charge in [0.2, 0.25) is 5.91 Å². The Morgan fingerprint density at radius 2 is 1.79 bits per heavy atom. The Hall–Kier alpha value is -2.33. The maximum Gasteiger partial charge on any atom is 0.304 e. The van der Waals surface area contributed by atoms with Gasteiger partial charge >= 0.3 is 5.97 Å². The number of rotatable bonds is 6. The van der Waals surface area contributed by atoms with Crippen LogP contribution in [0.25, 0.3) is 0 Å². The maximum atomic E-state index is 12.7. The van der Waals surface area contributed by atoms with Gasteiger partial charge in [0, 0.05) is 10.7 Å². The molecule has 0 aliphatic carbocycles. The molecule has 2 atom stereocenters. The van der Waals surface area contributed by atoms with Gasteiger partial charge in [-0.15, -0.1) is 0 Å². The molecule has 24 heavy (non-hydrogen) atoms. The lowest BCUT2D eigenvalue weighted by atomic mass is 9.84. The third kappa shape index (κ3) is 4.36. The number of hydrogen-bond acceptors (Lipinski definition) is 2. The maximum absolute atomic E-state index is 12.7. The second-order valence-corrected chi connectivity index (χ2v) is 6.21. The van der Waals surface area contributed by atoms with E-state index in [1.54, 1.807) is 18.2 Å². The Morgan fingerprint density at radius 1 is 1.12 bits per heavy atom. The average Bonchev–Trinajstić information content (AvgIpc) is 2.56. The van der Waals surface area contributed by atoms with Crippen molar-refractivity contribution in [1.29, 1.82) is 0 Å². The van der Waals surface area contributed by atoms with E-state index >= 15 is 0 Å². The van der Waals surface area contributed by atoms with E-state index in [-0.39, 0.29) is 18.2 Å². The van der Waals surface area contributed by atoms with Crippen LogP contribution in [0.4, 0.5) is 5.69 Å². The predicted octanol–water partition coefficient (Wildman–Crippen LogP) is 4.48. The number of carbonyl (C=O) groups excluding carboxylic acids is 1. The Bertz CT molecular complexity index is 731. The van der Waals surface area contributed by atoms with Crippen LogP contribution in [0.15, 0.2) is 48.5 Å². The van der Waals surface area contributed by atoms with Crippen LogP contribution in [0.2, 0.25) is 5.02 Å². The van der Waals surface area contributed by atoms with Gasteiger partial charge in [-0.3, -0.25) is 9.59 Å². The first-order valence-electron chi connectivity index (χ1n) is 7.73. The number of aliphatic carboxylic acids is 1. The van der Waals surface area contributed by atoms with Gasteiger partial charge < -0.3 is 10.4 Å². The van der Waals surface area contributed by atoms with E-state index < -0.39 is 11.9 Å². The van der Waals surface area contributed by atoms with Crippen LogP contribution in [0.5, 0.6) is 0 Å². The van der Waals surface area contributed by atoms with Crippen molar-refractivity contribution in [1.82, 2.24) is 0 Å². The summed E-state index contributed by atoms with van der Waals surface area (Å²) in [6.45, 7) is 3.68. The minimum atomic E-state index is -0.999. The zero-order valence-electron chi connectivity index (χ0n) is 13.6. The molecule has 4 nitrogen and oxygen atoms in total. The third-order valence-electron chi connectivity index (χ3n) is 4.19. The lowest BCUT2D eigenvalue weighted by molar-refractivity contribution is -0.140. The summed E-state index contributed by atoms with van der Waals surface area (Å²) in [5.74, 6) is -2.22. The zero-order valence-corrected chi connectivity index (χ0v) is 14.4. The molecule has 0 radical (unpaired) electrons. The summed E-state index contributed by atoms with van der Waals surface area (Å²) in [5, 5.41) is 12.6. The molecule has 0 saturated heterocycles. The number of benzene rings is 2. The monoisotopic (exact) mass is 345 g/mol. The van der Waals surface area contributed by atoms with Crippen molar-refractivity contribution >= 4 is 29.2 Å². The van der Waals surface area contributed by atoms with Crippen molar-refractivity contribution in [3.63, 3.8) is 0 Å². The Labute approximate surface area is 146 Å². The molecule has 2 N–H and O–H groups in total. The molecule has 0 spiro atoms. The first kappa shape index (κ1) is 18.0. The molecule has 0 bridgehead atoms. The number of carboxylic acids is 1. The van der Waals surface area contributed by atoms with Crippen molar-refractivity contribution in [2.24, 2.45) is 5.92 Å². The fraction of sp³-hybridized carbons (Fsp3) is 0.263. The number of nitrogens with one attached hydrogen (secondary N) is 1. The Balaban J connectivity index is 2.25. The topological polar surface area (TPSA) is 66.4 Å². The number of carboxylic acid groups (broad SMARTS) is 1. The van der Waals surface area contributed by atoms with E-state index in [2.05, 4.69) is 5.32 Å². The second kappa shape index (κ2) is 7.97. The van der Waals surface area contributed by atoms with Gasteiger partial charge in [-0.1, -0.05) is 54.9 Å². The fourth-order valence-electron chi connectivity index (χ4n) is 2.64. The summed E-state index contributed by atoms with van der Waals surface area (Å²) in [4.78, 5) is 23.9. The third-order valence-corrected chi connectivity index (χ3v) is 4.60. The molecule has 0 aromatic heterocycles. The number of carbonyl (C=O) groups is 2. The number of amides is 1. The van der Waals surface area contributed by atoms with Gasteiger partial charge in [0.15, 0.2) is 0 Å². The molecular weight excluding hydrogens is 326 g/mol. The summed E-state index contributed by atoms with van der Waals surface area (Å²) in [6.07, 6.45) is -0.235. The predicted molar refractivity (Wildman–Crippen MR) is 95.4 cm³/mol. The number of halogens is 1. The van der Waals surface area contributed by atoms with Crippen molar-refractivity contribution in [2.75, 3.05) is 5.32 Å². The van der Waals surface area contributed by atoms with E-state index in [0.29, 0.717) is 10.7 Å². The number of anilines is 1. The van der Waals surface area contributed by atoms with Gasteiger partial charge in [-0.05, 0) is 36.1 Å². The molecule has 126 valence electrons. The molecule has 2 rings (SSSR count). The summed E-state index contributed by atoms with van der Waals surface area (Å²) in [6, 6.07) is 14.7. The number of hydrogen-bond donors (Lipinski definition) is 2. The molecule has 0 unspecified atom stereocenters. The van der Waals surface area contributed by atoms with Crippen LogP contribution in [0.3, 0.4) is 0 Å². The lowest BCUT2D eigenvalue weighted by Gasteiger charge is -2.23. The van der Waals surface area contributed by atoms with Gasteiger partial charge in [0.05, 0.1) is 12.3 Å². The molecule has 0 heterocycles. The molecule has 1 amide bonds. The highest BCUT2D eigenvalue weighted by Crippen LogP contribution is 2.29. The summed E-state index contributed by atoms with van der Waals surface area (Å²) in [7, 11) is 0. The van der Waals surface area contributed by atoms with Crippen molar-refractivity contribution < 1.29 is 14.7 Å². The quantitative estimate of drug-likeness (QED) is 0.811. The highest BCUT2D eigenvalue weighted by Gasteiger charge is 2.29. The molecule has 0 fully saturated rings. The van der Waals surface area contributed by atoms with E-state index in [0.717, 1.165) is 11.1 Å². The van der Waals surface area contributed by atoms with Gasteiger partial charge in [-0.25, -0.2) is 0 Å². The average molecular weight is 346 g/mol. The smallest absolute Gasteiger partial charge is 0.304 e. The molecule has 2 aromatic rings. The normalized spacial score (nSPS) is 13.1. The van der Waals surface area contributed by atoms with Crippen molar-refractivity contribution in [3.8, 4) is 0 Å². The second-order valence-electron chi connectivity index (χ2n) is 5.81. The molecule has 2 aromatic carbocycles. The molecule has 5 heteroatoms. The standard InChI is InChI=1S/C19H20ClNO3/c1-12(14-7-4-3-5-8-14)15(11-18(22)23)19(24)21-17-10-6-9-16(20)13(17)2/h3-10,12,15H,11H2,1-2H3,(H,21,24)(H,22,23)/t12-,15-/m0/s1. The summed E-state index contributed by atoms with van der Waals surface area (Å²) in [5.41, 5.74) is 2.29. The van der Waals surface area contributed by atoms with E-state index in [1.165, 1.54) is 0 Å². The minimum absolute atomic E-state index is 0.221. The van der Waals surface area contributed by atoms with Gasteiger partial charge in [0.1, 0.15) is 0 Å². The summed E-state index contributed by atoms with van der Waals surface area (Å²) < 4.78 is 0. The molecule has 0 aliphatic rings. The Morgan fingerprint density at radius 3 is 2.42 bits per heavy atom. The van der Waals surface area contributed by atoms with E-state index in [1.807, 2.05) is 44.2 Å². The van der Waals surface area contributed by atoms with Crippen LogP contribution >= 0.6 is 11.6 Å². The van der Waals surface area contributed by atoms with Gasteiger partial charge in [0.25, 0.3) is 0 Å². The highest BCUT2D eigenvalue weighted by atomic mass is 35.5. The van der Waals surface area contributed by atoms with Crippen LogP contribution in [0.1, 0.15) is 30.4 Å². The molecule has 0 saturated carbocycles. The highest BCUT2D eigenvalue weighted by molar-refractivity contribution is 6.31. The Kier molecular flexibility index (Phi) is 5.99. The summed E-state index contributed by atoms with van der Waals surface area (Å²) >= 11 is 6.07. The van der Waals surface area contributed by atoms with E-state index in [4.69, 9.17) is 11.6 Å².